The van der Waals surface area contributed by atoms with Crippen LogP contribution in [0.2, 0.25) is 0 Å². The fourth-order valence-corrected chi connectivity index (χ4v) is 2.76. The van der Waals surface area contributed by atoms with Gasteiger partial charge in [-0.1, -0.05) is 0 Å². The number of rotatable bonds is 0. The van der Waals surface area contributed by atoms with E-state index in [4.69, 9.17) is 9.47 Å². The molecule has 0 atom stereocenters. The number of hydrogen-bond acceptors (Lipinski definition) is 5. The van der Waals surface area contributed by atoms with E-state index in [1.165, 1.54) is 12.3 Å². The minimum atomic E-state index is -3.72. The van der Waals surface area contributed by atoms with Gasteiger partial charge in [0.25, 0.3) is 10.0 Å². The lowest BCUT2D eigenvalue weighted by molar-refractivity contribution is -0.118. The van der Waals surface area contributed by atoms with E-state index >= 15 is 0 Å². The minimum Gasteiger partial charge on any atom is -0.459 e. The molecule has 2 aliphatic heterocycles. The van der Waals surface area contributed by atoms with Crippen molar-refractivity contribution in [3.8, 4) is 5.88 Å². The van der Waals surface area contributed by atoms with E-state index in [9.17, 15) is 8.42 Å². The molecule has 1 spiro atoms. The highest BCUT2D eigenvalue weighted by atomic mass is 32.2. The Morgan fingerprint density at radius 2 is 2.18 bits per heavy atom. The maximum atomic E-state index is 11.9. The van der Waals surface area contributed by atoms with E-state index in [1.54, 1.807) is 13.1 Å². The Labute approximate surface area is 98.3 Å². The molecule has 1 fully saturated rings. The normalized spacial score (nSPS) is 23.4. The second-order valence-corrected chi connectivity index (χ2v) is 5.79. The lowest BCUT2D eigenvalue weighted by Crippen LogP contribution is -2.55. The molecule has 0 bridgehead atoms. The Morgan fingerprint density at radius 3 is 2.82 bits per heavy atom. The summed E-state index contributed by atoms with van der Waals surface area (Å²) in [6.45, 7) is 2.35. The Balaban J connectivity index is 2.20. The third kappa shape index (κ3) is 1.62. The van der Waals surface area contributed by atoms with Crippen LogP contribution in [-0.4, -0.2) is 38.4 Å². The number of pyridine rings is 1. The van der Waals surface area contributed by atoms with Crippen LogP contribution in [0.4, 0.5) is 0 Å². The fourth-order valence-electron chi connectivity index (χ4n) is 1.67. The van der Waals surface area contributed by atoms with Crippen molar-refractivity contribution in [3.05, 3.63) is 17.8 Å². The van der Waals surface area contributed by atoms with E-state index in [1.807, 2.05) is 0 Å². The Bertz CT molecular complexity index is 605. The van der Waals surface area contributed by atoms with Crippen molar-refractivity contribution in [1.82, 2.24) is 4.98 Å². The first kappa shape index (κ1) is 10.7. The number of nitrogens with zero attached hydrogens (tertiary/aromatic N) is 2. The summed E-state index contributed by atoms with van der Waals surface area (Å²) in [5.41, 5.74) is -0.0347. The standard InChI is InChI=1S/C10H10N2O4S/c1-7-2-8-9(11-3-7)16-10(5-15-6-10)4-12-17(8,13)14/h2-4H,5-6H2,1H3. The zero-order valence-corrected chi connectivity index (χ0v) is 9.90. The van der Waals surface area contributed by atoms with Gasteiger partial charge >= 0.3 is 0 Å². The van der Waals surface area contributed by atoms with Crippen LogP contribution in [-0.2, 0) is 14.8 Å². The topological polar surface area (TPSA) is 77.9 Å². The van der Waals surface area contributed by atoms with Crippen LogP contribution < -0.4 is 4.74 Å². The van der Waals surface area contributed by atoms with Crippen LogP contribution in [0.5, 0.6) is 5.88 Å². The molecule has 0 aromatic carbocycles. The number of ether oxygens (including phenoxy) is 2. The van der Waals surface area contributed by atoms with Gasteiger partial charge in [-0.3, -0.25) is 0 Å². The molecule has 90 valence electrons. The number of sulfonamides is 1. The van der Waals surface area contributed by atoms with Crippen molar-refractivity contribution in [1.29, 1.82) is 0 Å². The largest absolute Gasteiger partial charge is 0.459 e. The van der Waals surface area contributed by atoms with Gasteiger partial charge < -0.3 is 9.47 Å². The van der Waals surface area contributed by atoms with Crippen LogP contribution in [0.1, 0.15) is 5.56 Å². The molecule has 0 aliphatic carbocycles. The quantitative estimate of drug-likeness (QED) is 0.666. The maximum Gasteiger partial charge on any atom is 0.287 e. The Morgan fingerprint density at radius 1 is 1.41 bits per heavy atom. The molecular formula is C10H10N2O4S. The molecule has 0 N–H and O–H groups in total. The highest BCUT2D eigenvalue weighted by Gasteiger charge is 2.44. The van der Waals surface area contributed by atoms with Gasteiger partial charge in [0.1, 0.15) is 0 Å². The smallest absolute Gasteiger partial charge is 0.287 e. The van der Waals surface area contributed by atoms with Crippen molar-refractivity contribution in [3.63, 3.8) is 0 Å². The molecule has 1 saturated heterocycles. The van der Waals surface area contributed by atoms with Crippen LogP contribution in [0.25, 0.3) is 0 Å². The van der Waals surface area contributed by atoms with Gasteiger partial charge in [-0.2, -0.15) is 12.8 Å². The van der Waals surface area contributed by atoms with Crippen molar-refractivity contribution in [2.24, 2.45) is 4.40 Å². The van der Waals surface area contributed by atoms with Gasteiger partial charge in [0.05, 0.1) is 19.4 Å². The van der Waals surface area contributed by atoms with Crippen molar-refractivity contribution < 1.29 is 17.9 Å². The second-order valence-electron chi connectivity index (χ2n) is 4.19. The third-order valence-electron chi connectivity index (χ3n) is 2.65. The molecule has 0 amide bonds. The Hall–Kier alpha value is -1.47. The van der Waals surface area contributed by atoms with Crippen LogP contribution in [0, 0.1) is 6.92 Å². The van der Waals surface area contributed by atoms with Crippen molar-refractivity contribution in [2.75, 3.05) is 13.2 Å². The molecule has 1 aromatic heterocycles. The van der Waals surface area contributed by atoms with E-state index < -0.39 is 15.6 Å². The summed E-state index contributed by atoms with van der Waals surface area (Å²) >= 11 is 0. The second kappa shape index (κ2) is 3.27. The molecule has 2 aliphatic rings. The number of hydrogen-bond donors (Lipinski definition) is 0. The first-order valence-corrected chi connectivity index (χ1v) is 6.50. The van der Waals surface area contributed by atoms with E-state index in [0.29, 0.717) is 13.2 Å². The number of aryl methyl sites for hydroxylation is 1. The summed E-state index contributed by atoms with van der Waals surface area (Å²) in [6.07, 6.45) is 2.86. The van der Waals surface area contributed by atoms with Crippen LogP contribution >= 0.6 is 0 Å². The molecule has 1 aromatic rings. The molecule has 6 nitrogen and oxygen atoms in total. The maximum absolute atomic E-state index is 11.9. The summed E-state index contributed by atoms with van der Waals surface area (Å²) < 4.78 is 38.1. The van der Waals surface area contributed by atoms with E-state index in [-0.39, 0.29) is 10.8 Å². The summed E-state index contributed by atoms with van der Waals surface area (Å²) in [4.78, 5) is 4.03. The lowest BCUT2D eigenvalue weighted by Gasteiger charge is -2.36. The first-order chi connectivity index (χ1) is 8.01. The van der Waals surface area contributed by atoms with Crippen LogP contribution in [0.3, 0.4) is 0 Å². The highest BCUT2D eigenvalue weighted by Crippen LogP contribution is 2.32. The summed E-state index contributed by atoms with van der Waals surface area (Å²) in [5.74, 6) is 0.0939. The summed E-state index contributed by atoms with van der Waals surface area (Å²) in [5, 5.41) is 0. The van der Waals surface area contributed by atoms with E-state index in [0.717, 1.165) is 5.56 Å². The summed E-state index contributed by atoms with van der Waals surface area (Å²) in [6, 6.07) is 1.51. The summed E-state index contributed by atoms with van der Waals surface area (Å²) in [7, 11) is -3.72. The predicted octanol–water partition coefficient (Wildman–Crippen LogP) is 0.311. The highest BCUT2D eigenvalue weighted by molar-refractivity contribution is 7.90. The molecule has 0 radical (unpaired) electrons. The van der Waals surface area contributed by atoms with Gasteiger partial charge in [-0.25, -0.2) is 4.98 Å². The lowest BCUT2D eigenvalue weighted by atomic mass is 10.0. The monoisotopic (exact) mass is 254 g/mol. The molecule has 17 heavy (non-hydrogen) atoms. The van der Waals surface area contributed by atoms with Gasteiger partial charge in [0, 0.05) is 6.20 Å². The Kier molecular flexibility index (Phi) is 2.05. The first-order valence-electron chi connectivity index (χ1n) is 5.06. The SMILES string of the molecule is Cc1cnc2c(c1)S(=O)(=O)N=CC1(COC1)O2. The van der Waals surface area contributed by atoms with Crippen LogP contribution in [0.15, 0.2) is 21.6 Å². The number of fused-ring (bicyclic) bond motifs is 1. The number of aromatic nitrogens is 1. The zero-order valence-electron chi connectivity index (χ0n) is 9.08. The predicted molar refractivity (Wildman–Crippen MR) is 58.8 cm³/mol. The molecule has 0 saturated carbocycles. The molecule has 0 unspecified atom stereocenters. The van der Waals surface area contributed by atoms with Crippen molar-refractivity contribution >= 4 is 16.2 Å². The average Bonchev–Trinajstić information content (AvgIpc) is 2.34. The van der Waals surface area contributed by atoms with E-state index in [2.05, 4.69) is 9.38 Å². The molecule has 3 rings (SSSR count). The fraction of sp³-hybridized carbons (Fsp3) is 0.400. The molecule has 7 heteroatoms. The molecule has 3 heterocycles. The van der Waals surface area contributed by atoms with Crippen molar-refractivity contribution in [2.45, 2.75) is 17.4 Å². The van der Waals surface area contributed by atoms with Gasteiger partial charge in [0.15, 0.2) is 10.5 Å². The van der Waals surface area contributed by atoms with Gasteiger partial charge in [0.2, 0.25) is 5.88 Å². The average molecular weight is 254 g/mol. The zero-order chi connectivity index (χ0) is 12.1. The van der Waals surface area contributed by atoms with Gasteiger partial charge in [-0.05, 0) is 18.6 Å². The minimum absolute atomic E-state index is 0.0116. The van der Waals surface area contributed by atoms with Gasteiger partial charge in [-0.15, -0.1) is 0 Å². The molecular weight excluding hydrogens is 244 g/mol. The third-order valence-corrected chi connectivity index (χ3v) is 3.88.